The van der Waals surface area contributed by atoms with Gasteiger partial charge in [0.25, 0.3) is 0 Å². The number of para-hydroxylation sites is 1. The predicted molar refractivity (Wildman–Crippen MR) is 71.8 cm³/mol. The molecule has 0 saturated heterocycles. The van der Waals surface area contributed by atoms with Crippen LogP contribution in [0.15, 0.2) is 40.8 Å². The first kappa shape index (κ1) is 11.9. The van der Waals surface area contributed by atoms with Gasteiger partial charge >= 0.3 is 5.88 Å². The zero-order valence-electron chi connectivity index (χ0n) is 8.72. The third-order valence-corrected chi connectivity index (χ3v) is 3.10. The van der Waals surface area contributed by atoms with Crippen LogP contribution in [0.1, 0.15) is 5.76 Å². The highest BCUT2D eigenvalue weighted by Gasteiger charge is 2.11. The van der Waals surface area contributed by atoms with E-state index in [-0.39, 0.29) is 5.88 Å². The van der Waals surface area contributed by atoms with Gasteiger partial charge in [0.05, 0.1) is 12.6 Å². The Hall–Kier alpha value is -1.57. The SMILES string of the molecule is O=[N+]([O-])c1ccc(CNc2ccccc2I)o1. The van der Waals surface area contributed by atoms with Crippen molar-refractivity contribution in [3.63, 3.8) is 0 Å². The molecule has 0 amide bonds. The highest BCUT2D eigenvalue weighted by Crippen LogP contribution is 2.20. The Balaban J connectivity index is 2.02. The third kappa shape index (κ3) is 2.96. The van der Waals surface area contributed by atoms with Crippen LogP contribution < -0.4 is 5.32 Å². The Morgan fingerprint density at radius 2 is 2.06 bits per heavy atom. The van der Waals surface area contributed by atoms with E-state index < -0.39 is 4.92 Å². The van der Waals surface area contributed by atoms with Crippen LogP contribution in [-0.4, -0.2) is 4.92 Å². The molecule has 1 heterocycles. The van der Waals surface area contributed by atoms with Crippen molar-refractivity contribution in [2.24, 2.45) is 0 Å². The fraction of sp³-hybridized carbons (Fsp3) is 0.0909. The molecule has 88 valence electrons. The Morgan fingerprint density at radius 3 is 2.71 bits per heavy atom. The zero-order chi connectivity index (χ0) is 12.3. The predicted octanol–water partition coefficient (Wildman–Crippen LogP) is 3.40. The second kappa shape index (κ2) is 5.17. The van der Waals surface area contributed by atoms with E-state index in [0.717, 1.165) is 9.26 Å². The fourth-order valence-electron chi connectivity index (χ4n) is 1.35. The molecular formula is C11H9IN2O3. The number of nitrogens with one attached hydrogen (secondary N) is 1. The number of nitrogens with zero attached hydrogens (tertiary/aromatic N) is 1. The summed E-state index contributed by atoms with van der Waals surface area (Å²) in [5.41, 5.74) is 0.979. The minimum absolute atomic E-state index is 0.232. The van der Waals surface area contributed by atoms with Crippen molar-refractivity contribution in [2.75, 3.05) is 5.32 Å². The quantitative estimate of drug-likeness (QED) is 0.524. The highest BCUT2D eigenvalue weighted by molar-refractivity contribution is 14.1. The molecule has 1 aromatic carbocycles. The number of halogens is 1. The molecule has 0 unspecified atom stereocenters. The standard InChI is InChI=1S/C11H9IN2O3/c12-9-3-1-2-4-10(9)13-7-8-5-6-11(17-8)14(15)16/h1-6,13H,7H2. The van der Waals surface area contributed by atoms with Crippen LogP contribution in [0.2, 0.25) is 0 Å². The van der Waals surface area contributed by atoms with E-state index in [1.807, 2.05) is 24.3 Å². The van der Waals surface area contributed by atoms with E-state index in [0.29, 0.717) is 12.3 Å². The van der Waals surface area contributed by atoms with Crippen LogP contribution in [0.25, 0.3) is 0 Å². The summed E-state index contributed by atoms with van der Waals surface area (Å²) < 4.78 is 6.13. The molecule has 0 saturated carbocycles. The molecule has 0 aliphatic rings. The first-order valence-corrected chi connectivity index (χ1v) is 5.96. The second-order valence-electron chi connectivity index (χ2n) is 3.33. The van der Waals surface area contributed by atoms with Gasteiger partial charge in [-0.3, -0.25) is 10.1 Å². The van der Waals surface area contributed by atoms with Gasteiger partial charge < -0.3 is 9.73 Å². The number of hydrogen-bond acceptors (Lipinski definition) is 4. The lowest BCUT2D eigenvalue weighted by molar-refractivity contribution is -0.402. The van der Waals surface area contributed by atoms with Crippen LogP contribution >= 0.6 is 22.6 Å². The molecule has 6 heteroatoms. The van der Waals surface area contributed by atoms with Gasteiger partial charge in [-0.1, -0.05) is 12.1 Å². The molecule has 0 atom stereocenters. The van der Waals surface area contributed by atoms with Gasteiger partial charge in [0, 0.05) is 9.26 Å². The van der Waals surface area contributed by atoms with Gasteiger partial charge in [0.15, 0.2) is 0 Å². The number of benzene rings is 1. The maximum absolute atomic E-state index is 10.4. The van der Waals surface area contributed by atoms with E-state index in [9.17, 15) is 10.1 Å². The molecule has 0 bridgehead atoms. The smallest absolute Gasteiger partial charge is 0.404 e. The van der Waals surface area contributed by atoms with Gasteiger partial charge in [-0.05, 0) is 40.8 Å². The summed E-state index contributed by atoms with van der Waals surface area (Å²) in [6.07, 6.45) is 0. The van der Waals surface area contributed by atoms with Crippen molar-refractivity contribution in [1.29, 1.82) is 0 Å². The Morgan fingerprint density at radius 1 is 1.29 bits per heavy atom. The van der Waals surface area contributed by atoms with E-state index in [1.165, 1.54) is 6.07 Å². The van der Waals surface area contributed by atoms with Crippen molar-refractivity contribution < 1.29 is 9.34 Å². The van der Waals surface area contributed by atoms with Gasteiger partial charge in [-0.25, -0.2) is 0 Å². The van der Waals surface area contributed by atoms with Crippen molar-refractivity contribution in [3.8, 4) is 0 Å². The van der Waals surface area contributed by atoms with E-state index in [4.69, 9.17) is 4.42 Å². The summed E-state index contributed by atoms with van der Waals surface area (Å²) in [7, 11) is 0. The van der Waals surface area contributed by atoms with Crippen molar-refractivity contribution >= 4 is 34.2 Å². The first-order chi connectivity index (χ1) is 8.16. The normalized spacial score (nSPS) is 10.2. The maximum atomic E-state index is 10.4. The van der Waals surface area contributed by atoms with Crippen LogP contribution in [-0.2, 0) is 6.54 Å². The number of furan rings is 1. The summed E-state index contributed by atoms with van der Waals surface area (Å²) in [6.45, 7) is 0.424. The lowest BCUT2D eigenvalue weighted by Gasteiger charge is -2.05. The molecule has 1 N–H and O–H groups in total. The van der Waals surface area contributed by atoms with Gasteiger partial charge in [0.2, 0.25) is 0 Å². The average Bonchev–Trinajstić information content (AvgIpc) is 2.77. The van der Waals surface area contributed by atoms with Crippen LogP contribution in [0.3, 0.4) is 0 Å². The number of nitro groups is 1. The zero-order valence-corrected chi connectivity index (χ0v) is 10.9. The Bertz CT molecular complexity index is 539. The van der Waals surface area contributed by atoms with Crippen molar-refractivity contribution in [3.05, 3.63) is 55.8 Å². The average molecular weight is 344 g/mol. The number of hydrogen-bond donors (Lipinski definition) is 1. The monoisotopic (exact) mass is 344 g/mol. The largest absolute Gasteiger partial charge is 0.433 e. The molecule has 0 radical (unpaired) electrons. The molecule has 0 spiro atoms. The fourth-order valence-corrected chi connectivity index (χ4v) is 1.92. The minimum atomic E-state index is -0.546. The Labute approximate surface area is 111 Å². The molecule has 2 aromatic rings. The summed E-state index contributed by atoms with van der Waals surface area (Å²) >= 11 is 2.22. The molecule has 17 heavy (non-hydrogen) atoms. The summed E-state index contributed by atoms with van der Waals surface area (Å²) in [5.74, 6) is 0.306. The first-order valence-electron chi connectivity index (χ1n) is 4.88. The van der Waals surface area contributed by atoms with Crippen LogP contribution in [0.4, 0.5) is 11.6 Å². The van der Waals surface area contributed by atoms with E-state index >= 15 is 0 Å². The lowest BCUT2D eigenvalue weighted by Crippen LogP contribution is -1.99. The third-order valence-electron chi connectivity index (χ3n) is 2.15. The molecule has 1 aromatic heterocycles. The highest BCUT2D eigenvalue weighted by atomic mass is 127. The topological polar surface area (TPSA) is 68.3 Å². The molecule has 0 aliphatic heterocycles. The lowest BCUT2D eigenvalue weighted by atomic mass is 10.3. The number of rotatable bonds is 4. The Kier molecular flexibility index (Phi) is 3.62. The summed E-state index contributed by atoms with van der Waals surface area (Å²) in [5, 5.41) is 13.6. The molecule has 5 nitrogen and oxygen atoms in total. The van der Waals surface area contributed by atoms with E-state index in [1.54, 1.807) is 6.07 Å². The van der Waals surface area contributed by atoms with Gasteiger partial charge in [0.1, 0.15) is 10.7 Å². The van der Waals surface area contributed by atoms with Crippen molar-refractivity contribution in [1.82, 2.24) is 0 Å². The molecular weight excluding hydrogens is 335 g/mol. The summed E-state index contributed by atoms with van der Waals surface area (Å²) in [6, 6.07) is 10.8. The molecule has 0 fully saturated rings. The molecule has 2 rings (SSSR count). The minimum Gasteiger partial charge on any atom is -0.404 e. The molecule has 0 aliphatic carbocycles. The maximum Gasteiger partial charge on any atom is 0.433 e. The van der Waals surface area contributed by atoms with Crippen LogP contribution in [0.5, 0.6) is 0 Å². The summed E-state index contributed by atoms with van der Waals surface area (Å²) in [4.78, 5) is 9.89. The van der Waals surface area contributed by atoms with Gasteiger partial charge in [-0.15, -0.1) is 0 Å². The van der Waals surface area contributed by atoms with Gasteiger partial charge in [-0.2, -0.15) is 0 Å². The van der Waals surface area contributed by atoms with E-state index in [2.05, 4.69) is 27.9 Å². The van der Waals surface area contributed by atoms with Crippen molar-refractivity contribution in [2.45, 2.75) is 6.54 Å². The second-order valence-corrected chi connectivity index (χ2v) is 4.49. The van der Waals surface area contributed by atoms with Crippen LogP contribution in [0, 0.1) is 13.7 Å². The number of anilines is 1.